The molecule has 120 valence electrons. The molecule has 0 atom stereocenters. The highest BCUT2D eigenvalue weighted by Gasteiger charge is 2.19. The van der Waals surface area contributed by atoms with Crippen LogP contribution >= 0.6 is 11.3 Å². The number of carbonyl (C=O) groups is 1. The van der Waals surface area contributed by atoms with Crippen molar-refractivity contribution in [2.45, 2.75) is 33.1 Å². The molecule has 0 amide bonds. The van der Waals surface area contributed by atoms with Crippen molar-refractivity contribution in [3.63, 3.8) is 0 Å². The highest BCUT2D eigenvalue weighted by Crippen LogP contribution is 2.19. The minimum atomic E-state index is -3.54. The SMILES string of the molecule is CCN(CC)S(=O)(=O)Nc1nc(CCCC(=O)OC)cs1. The molecule has 0 radical (unpaired) electrons. The van der Waals surface area contributed by atoms with Crippen LogP contribution in [0, 0.1) is 0 Å². The molecule has 0 aliphatic carbocycles. The Hall–Kier alpha value is -1.19. The Morgan fingerprint density at radius 1 is 1.43 bits per heavy atom. The van der Waals surface area contributed by atoms with Crippen molar-refractivity contribution in [2.75, 3.05) is 24.9 Å². The molecule has 1 heterocycles. The fourth-order valence-electron chi connectivity index (χ4n) is 1.72. The summed E-state index contributed by atoms with van der Waals surface area (Å²) in [5.74, 6) is -0.257. The number of aromatic nitrogens is 1. The number of hydrogen-bond acceptors (Lipinski definition) is 6. The van der Waals surface area contributed by atoms with Gasteiger partial charge in [-0.3, -0.25) is 4.79 Å². The second-order valence-corrected chi connectivity index (χ2v) is 6.79. The fraction of sp³-hybridized carbons (Fsp3) is 0.667. The quantitative estimate of drug-likeness (QED) is 0.693. The zero-order valence-corrected chi connectivity index (χ0v) is 14.1. The van der Waals surface area contributed by atoms with Crippen LogP contribution in [0.5, 0.6) is 0 Å². The maximum atomic E-state index is 12.0. The molecule has 1 N–H and O–H groups in total. The van der Waals surface area contributed by atoms with E-state index in [1.165, 1.54) is 22.8 Å². The van der Waals surface area contributed by atoms with Crippen LogP contribution in [0.2, 0.25) is 0 Å². The maximum absolute atomic E-state index is 12.0. The molecular formula is C12H21N3O4S2. The van der Waals surface area contributed by atoms with Gasteiger partial charge in [-0.15, -0.1) is 11.3 Å². The van der Waals surface area contributed by atoms with Crippen molar-refractivity contribution in [3.05, 3.63) is 11.1 Å². The lowest BCUT2D eigenvalue weighted by Crippen LogP contribution is -2.35. The third-order valence-electron chi connectivity index (χ3n) is 2.85. The molecule has 0 saturated heterocycles. The van der Waals surface area contributed by atoms with E-state index < -0.39 is 10.2 Å². The van der Waals surface area contributed by atoms with Gasteiger partial charge in [-0.1, -0.05) is 13.8 Å². The molecule has 0 aliphatic heterocycles. The third-order valence-corrected chi connectivity index (χ3v) is 5.44. The Morgan fingerprint density at radius 3 is 2.67 bits per heavy atom. The van der Waals surface area contributed by atoms with Crippen LogP contribution in [0.1, 0.15) is 32.4 Å². The largest absolute Gasteiger partial charge is 0.469 e. The number of esters is 1. The van der Waals surface area contributed by atoms with Crippen LogP contribution in [0.15, 0.2) is 5.38 Å². The first-order valence-corrected chi connectivity index (χ1v) is 9.04. The van der Waals surface area contributed by atoms with E-state index in [1.54, 1.807) is 19.2 Å². The molecule has 7 nitrogen and oxygen atoms in total. The Labute approximate surface area is 129 Å². The first-order chi connectivity index (χ1) is 9.92. The maximum Gasteiger partial charge on any atom is 0.305 e. The number of thiazole rings is 1. The number of carbonyl (C=O) groups excluding carboxylic acids is 1. The summed E-state index contributed by atoms with van der Waals surface area (Å²) in [7, 11) is -2.19. The summed E-state index contributed by atoms with van der Waals surface area (Å²) in [6.07, 6.45) is 1.56. The van der Waals surface area contributed by atoms with Gasteiger partial charge in [0.05, 0.1) is 12.8 Å². The molecule has 0 saturated carbocycles. The van der Waals surface area contributed by atoms with Gasteiger partial charge in [0, 0.05) is 24.9 Å². The molecule has 0 fully saturated rings. The Morgan fingerprint density at radius 2 is 2.10 bits per heavy atom. The second-order valence-electron chi connectivity index (χ2n) is 4.27. The standard InChI is InChI=1S/C12H21N3O4S2/c1-4-15(5-2)21(17,18)14-12-13-10(9-20-12)7-6-8-11(16)19-3/h9H,4-8H2,1-3H3,(H,13,14). The van der Waals surface area contributed by atoms with E-state index in [4.69, 9.17) is 0 Å². The van der Waals surface area contributed by atoms with E-state index in [9.17, 15) is 13.2 Å². The highest BCUT2D eigenvalue weighted by atomic mass is 32.2. The van der Waals surface area contributed by atoms with Crippen molar-refractivity contribution in [3.8, 4) is 0 Å². The Bertz CT molecular complexity index is 553. The number of methoxy groups -OCH3 is 1. The molecule has 1 aromatic heterocycles. The van der Waals surface area contributed by atoms with Crippen LogP contribution in [-0.2, 0) is 26.2 Å². The first-order valence-electron chi connectivity index (χ1n) is 6.72. The van der Waals surface area contributed by atoms with Gasteiger partial charge in [-0.05, 0) is 12.8 Å². The van der Waals surface area contributed by atoms with Gasteiger partial charge in [0.1, 0.15) is 0 Å². The van der Waals surface area contributed by atoms with Crippen molar-refractivity contribution in [1.82, 2.24) is 9.29 Å². The number of anilines is 1. The van der Waals surface area contributed by atoms with Gasteiger partial charge in [0.15, 0.2) is 5.13 Å². The van der Waals surface area contributed by atoms with Gasteiger partial charge in [-0.25, -0.2) is 9.71 Å². The van der Waals surface area contributed by atoms with Gasteiger partial charge >= 0.3 is 16.2 Å². The summed E-state index contributed by atoms with van der Waals surface area (Å²) < 4.78 is 32.4. The minimum Gasteiger partial charge on any atom is -0.469 e. The number of hydrogen-bond donors (Lipinski definition) is 1. The number of aryl methyl sites for hydroxylation is 1. The second kappa shape index (κ2) is 8.30. The molecule has 0 unspecified atom stereocenters. The van der Waals surface area contributed by atoms with E-state index >= 15 is 0 Å². The van der Waals surface area contributed by atoms with E-state index in [-0.39, 0.29) is 5.97 Å². The fourth-order valence-corrected chi connectivity index (χ4v) is 3.89. The summed E-state index contributed by atoms with van der Waals surface area (Å²) >= 11 is 1.24. The summed E-state index contributed by atoms with van der Waals surface area (Å²) in [6.45, 7) is 4.37. The Kier molecular flexibility index (Phi) is 7.06. The molecule has 0 spiro atoms. The van der Waals surface area contributed by atoms with Gasteiger partial charge in [0.2, 0.25) is 0 Å². The monoisotopic (exact) mass is 335 g/mol. The summed E-state index contributed by atoms with van der Waals surface area (Å²) in [6, 6.07) is 0. The molecule has 9 heteroatoms. The van der Waals surface area contributed by atoms with Gasteiger partial charge in [0.25, 0.3) is 0 Å². The summed E-state index contributed by atoms with van der Waals surface area (Å²) in [5, 5.41) is 2.13. The van der Waals surface area contributed by atoms with E-state index in [0.717, 1.165) is 5.69 Å². The first kappa shape index (κ1) is 17.9. The van der Waals surface area contributed by atoms with Gasteiger partial charge in [-0.2, -0.15) is 12.7 Å². The van der Waals surface area contributed by atoms with Crippen molar-refractivity contribution in [1.29, 1.82) is 0 Å². The number of nitrogens with zero attached hydrogens (tertiary/aromatic N) is 2. The van der Waals surface area contributed by atoms with Crippen molar-refractivity contribution in [2.24, 2.45) is 0 Å². The lowest BCUT2D eigenvalue weighted by atomic mass is 10.2. The van der Waals surface area contributed by atoms with Gasteiger partial charge < -0.3 is 4.74 Å². The molecule has 1 aromatic rings. The zero-order chi connectivity index (χ0) is 15.9. The predicted octanol–water partition coefficient (Wildman–Crippen LogP) is 1.64. The highest BCUT2D eigenvalue weighted by molar-refractivity contribution is 7.90. The third kappa shape index (κ3) is 5.60. The van der Waals surface area contributed by atoms with E-state index in [2.05, 4.69) is 14.4 Å². The molecule has 1 rings (SSSR count). The van der Waals surface area contributed by atoms with Crippen LogP contribution in [-0.4, -0.2) is 43.9 Å². The predicted molar refractivity (Wildman–Crippen MR) is 82.5 cm³/mol. The van der Waals surface area contributed by atoms with Crippen molar-refractivity contribution >= 4 is 32.6 Å². The van der Waals surface area contributed by atoms with E-state index in [0.29, 0.717) is 37.5 Å². The minimum absolute atomic E-state index is 0.257. The average Bonchev–Trinajstić information content (AvgIpc) is 2.86. The number of rotatable bonds is 9. The lowest BCUT2D eigenvalue weighted by molar-refractivity contribution is -0.140. The topological polar surface area (TPSA) is 88.6 Å². The molecular weight excluding hydrogens is 314 g/mol. The molecule has 0 aromatic carbocycles. The van der Waals surface area contributed by atoms with E-state index in [1.807, 2.05) is 0 Å². The summed E-state index contributed by atoms with van der Waals surface area (Å²) in [4.78, 5) is 15.2. The van der Waals surface area contributed by atoms with Crippen LogP contribution < -0.4 is 4.72 Å². The molecule has 21 heavy (non-hydrogen) atoms. The van der Waals surface area contributed by atoms with Crippen LogP contribution in [0.25, 0.3) is 0 Å². The number of ether oxygens (including phenoxy) is 1. The molecule has 0 bridgehead atoms. The summed E-state index contributed by atoms with van der Waals surface area (Å²) in [5.41, 5.74) is 0.765. The number of nitrogens with one attached hydrogen (secondary N) is 1. The van der Waals surface area contributed by atoms with Crippen LogP contribution in [0.3, 0.4) is 0 Å². The average molecular weight is 335 g/mol. The van der Waals surface area contributed by atoms with Crippen LogP contribution in [0.4, 0.5) is 5.13 Å². The lowest BCUT2D eigenvalue weighted by Gasteiger charge is -2.17. The Balaban J connectivity index is 2.57. The van der Waals surface area contributed by atoms with Crippen molar-refractivity contribution < 1.29 is 17.9 Å². The normalized spacial score (nSPS) is 11.6. The zero-order valence-electron chi connectivity index (χ0n) is 12.5. The smallest absolute Gasteiger partial charge is 0.305 e. The molecule has 0 aliphatic rings.